The van der Waals surface area contributed by atoms with Gasteiger partial charge in [0.15, 0.2) is 23.1 Å². The number of aromatic amines is 1. The predicted molar refractivity (Wildman–Crippen MR) is 184 cm³/mol. The zero-order valence-corrected chi connectivity index (χ0v) is 27.6. The number of hydrogen-bond donors (Lipinski definition) is 2. The molecule has 1 aliphatic heterocycles. The third kappa shape index (κ3) is 7.83. The summed E-state index contributed by atoms with van der Waals surface area (Å²) in [6, 6.07) is 15.8. The maximum atomic E-state index is 15.3. The summed E-state index contributed by atoms with van der Waals surface area (Å²) in [7, 11) is 3.08. The summed E-state index contributed by atoms with van der Waals surface area (Å²) in [6.07, 6.45) is 3.45. The summed E-state index contributed by atoms with van der Waals surface area (Å²) in [5.41, 5.74) is -0.224. The Morgan fingerprint density at radius 3 is 2.64 bits per heavy atom. The smallest absolute Gasteiger partial charge is 0.335 e. The largest absolute Gasteiger partial charge is 0.493 e. The van der Waals surface area contributed by atoms with E-state index in [4.69, 9.17) is 23.7 Å². The van der Waals surface area contributed by atoms with Gasteiger partial charge in [-0.2, -0.15) is 0 Å². The Bertz CT molecular complexity index is 2130. The van der Waals surface area contributed by atoms with Gasteiger partial charge in [-0.1, -0.05) is 12.1 Å². The molecule has 0 saturated carbocycles. The first kappa shape index (κ1) is 34.3. The Morgan fingerprint density at radius 1 is 1.02 bits per heavy atom. The second kappa shape index (κ2) is 15.8. The van der Waals surface area contributed by atoms with Crippen molar-refractivity contribution in [3.8, 4) is 34.6 Å². The lowest BCUT2D eigenvalue weighted by atomic mass is 10.1. The Hall–Kier alpha value is -5.57. The van der Waals surface area contributed by atoms with Crippen LogP contribution in [-0.4, -0.2) is 84.4 Å². The van der Waals surface area contributed by atoms with Crippen molar-refractivity contribution in [3.05, 3.63) is 105 Å². The highest BCUT2D eigenvalue weighted by molar-refractivity contribution is 5.88. The molecule has 0 spiro atoms. The minimum absolute atomic E-state index is 0.0796. The Labute approximate surface area is 286 Å². The lowest BCUT2D eigenvalue weighted by molar-refractivity contribution is 0.0357. The van der Waals surface area contributed by atoms with Crippen molar-refractivity contribution in [2.75, 3.05) is 53.7 Å². The zero-order valence-electron chi connectivity index (χ0n) is 27.6. The number of benzene rings is 3. The summed E-state index contributed by atoms with van der Waals surface area (Å²) in [5, 5.41) is 11.5. The molecule has 1 fully saturated rings. The number of pyridine rings is 1. The number of H-pyrrole nitrogens is 1. The number of morpholine rings is 1. The maximum Gasteiger partial charge on any atom is 0.335 e. The van der Waals surface area contributed by atoms with Gasteiger partial charge in [-0.05, 0) is 48.4 Å². The van der Waals surface area contributed by atoms with Crippen molar-refractivity contribution in [1.82, 2.24) is 19.4 Å². The van der Waals surface area contributed by atoms with Crippen LogP contribution in [0, 0.1) is 5.82 Å². The molecule has 1 aliphatic rings. The van der Waals surface area contributed by atoms with E-state index in [1.165, 1.54) is 19.2 Å². The molecule has 3 heterocycles. The number of aromatic hydroxyl groups is 1. The van der Waals surface area contributed by atoms with Gasteiger partial charge >= 0.3 is 5.69 Å². The lowest BCUT2D eigenvalue weighted by Crippen LogP contribution is -2.37. The fourth-order valence-electron chi connectivity index (χ4n) is 5.54. The summed E-state index contributed by atoms with van der Waals surface area (Å²) in [4.78, 5) is 38.3. The summed E-state index contributed by atoms with van der Waals surface area (Å²) >= 11 is 0. The van der Waals surface area contributed by atoms with Crippen molar-refractivity contribution in [1.29, 1.82) is 0 Å². The number of nitrogens with zero attached hydrogens (tertiary/aromatic N) is 4. The predicted octanol–water partition coefficient (Wildman–Crippen LogP) is 4.72. The molecular formula is C36H36FN5O8. The topological polar surface area (TPSA) is 150 Å². The highest BCUT2D eigenvalue weighted by Crippen LogP contribution is 2.38. The van der Waals surface area contributed by atoms with Crippen molar-refractivity contribution < 1.29 is 33.2 Å². The first-order valence-corrected chi connectivity index (χ1v) is 15.9. The molecule has 2 aromatic heterocycles. The van der Waals surface area contributed by atoms with Crippen molar-refractivity contribution >= 4 is 22.8 Å². The van der Waals surface area contributed by atoms with Crippen LogP contribution in [0.4, 0.5) is 10.1 Å². The molecule has 3 aromatic carbocycles. The number of aromatic nitrogens is 3. The minimum Gasteiger partial charge on any atom is -0.493 e. The number of halogens is 1. The third-order valence-corrected chi connectivity index (χ3v) is 8.05. The van der Waals surface area contributed by atoms with Crippen LogP contribution in [0.5, 0.6) is 28.9 Å². The monoisotopic (exact) mass is 685 g/mol. The first-order chi connectivity index (χ1) is 24.3. The standard InChI is InChI=1S/C36H36FN5O8/c1-46-22-23-5-3-6-25(17-23)42-35(44)27(34(43)40-36(42)45)21-39-24-7-8-31(28(37)18-24)50-30-9-10-38-29-20-33(32(47-2)19-26(29)30)49-14-4-11-41-12-15-48-16-13-41/h3,5-10,17-21,44H,4,11-16,22H2,1-2H3,(H,40,43,45). The van der Waals surface area contributed by atoms with Crippen LogP contribution in [0.2, 0.25) is 0 Å². The van der Waals surface area contributed by atoms with E-state index >= 15 is 4.39 Å². The van der Waals surface area contributed by atoms with E-state index in [0.29, 0.717) is 40.4 Å². The van der Waals surface area contributed by atoms with Crippen LogP contribution in [0.1, 0.15) is 17.5 Å². The van der Waals surface area contributed by atoms with E-state index in [1.807, 2.05) is 0 Å². The average molecular weight is 686 g/mol. The van der Waals surface area contributed by atoms with Gasteiger partial charge in [-0.15, -0.1) is 0 Å². The van der Waals surface area contributed by atoms with Gasteiger partial charge in [0.25, 0.3) is 5.56 Å². The van der Waals surface area contributed by atoms with Gasteiger partial charge < -0.3 is 28.8 Å². The molecule has 6 rings (SSSR count). The van der Waals surface area contributed by atoms with Gasteiger partial charge in [-0.25, -0.2) is 13.8 Å². The molecule has 0 bridgehead atoms. The summed E-state index contributed by atoms with van der Waals surface area (Å²) in [6.45, 7) is 5.01. The zero-order chi connectivity index (χ0) is 35.0. The second-order valence-electron chi connectivity index (χ2n) is 11.4. The van der Waals surface area contributed by atoms with Gasteiger partial charge in [-0.3, -0.25) is 24.7 Å². The van der Waals surface area contributed by atoms with E-state index in [-0.39, 0.29) is 23.6 Å². The number of fused-ring (bicyclic) bond motifs is 1. The molecule has 1 saturated heterocycles. The molecular weight excluding hydrogens is 649 g/mol. The average Bonchev–Trinajstić information content (AvgIpc) is 3.11. The van der Waals surface area contributed by atoms with E-state index in [1.54, 1.807) is 55.8 Å². The molecule has 13 nitrogen and oxygen atoms in total. The van der Waals surface area contributed by atoms with Crippen LogP contribution in [0.15, 0.2) is 81.4 Å². The highest BCUT2D eigenvalue weighted by atomic mass is 19.1. The van der Waals surface area contributed by atoms with E-state index in [2.05, 4.69) is 19.9 Å². The Balaban J connectivity index is 1.18. The fourth-order valence-corrected chi connectivity index (χ4v) is 5.54. The van der Waals surface area contributed by atoms with Crippen LogP contribution >= 0.6 is 0 Å². The van der Waals surface area contributed by atoms with Crippen LogP contribution in [0.3, 0.4) is 0 Å². The molecule has 0 atom stereocenters. The van der Waals surface area contributed by atoms with Crippen molar-refractivity contribution in [2.45, 2.75) is 13.0 Å². The molecule has 50 heavy (non-hydrogen) atoms. The maximum absolute atomic E-state index is 15.3. The van der Waals surface area contributed by atoms with Crippen molar-refractivity contribution in [3.63, 3.8) is 0 Å². The van der Waals surface area contributed by atoms with Gasteiger partial charge in [0, 0.05) is 56.7 Å². The van der Waals surface area contributed by atoms with E-state index < -0.39 is 22.9 Å². The van der Waals surface area contributed by atoms with Crippen LogP contribution < -0.4 is 25.5 Å². The summed E-state index contributed by atoms with van der Waals surface area (Å²) in [5.74, 6) is -0.0624. The normalized spacial score (nSPS) is 13.6. The molecule has 0 unspecified atom stereocenters. The van der Waals surface area contributed by atoms with Crippen molar-refractivity contribution in [2.24, 2.45) is 4.99 Å². The molecule has 0 radical (unpaired) electrons. The minimum atomic E-state index is -0.859. The Morgan fingerprint density at radius 2 is 1.86 bits per heavy atom. The number of methoxy groups -OCH3 is 2. The molecule has 0 aliphatic carbocycles. The van der Waals surface area contributed by atoms with Crippen LogP contribution in [0.25, 0.3) is 16.6 Å². The quantitative estimate of drug-likeness (QED) is 0.132. The number of nitrogens with one attached hydrogen (secondary N) is 1. The van der Waals surface area contributed by atoms with E-state index in [9.17, 15) is 14.7 Å². The van der Waals surface area contributed by atoms with Gasteiger partial charge in [0.2, 0.25) is 5.88 Å². The SMILES string of the molecule is COCc1cccc(-n2c(O)c(C=Nc3ccc(Oc4ccnc5cc(OCCCN6CCOCC6)c(OC)cc45)c(F)c3)c(=O)[nH]c2=O)c1. The van der Waals surface area contributed by atoms with Gasteiger partial charge in [0.05, 0.1) is 50.4 Å². The number of hydrogen-bond acceptors (Lipinski definition) is 11. The van der Waals surface area contributed by atoms with E-state index in [0.717, 1.165) is 61.7 Å². The number of aliphatic imine (C=N–C) groups is 1. The molecule has 14 heteroatoms. The molecule has 2 N–H and O–H groups in total. The molecule has 5 aromatic rings. The molecule has 0 amide bonds. The lowest BCUT2D eigenvalue weighted by Gasteiger charge is -2.26. The number of ether oxygens (including phenoxy) is 5. The summed E-state index contributed by atoms with van der Waals surface area (Å²) < 4.78 is 44.4. The molecule has 260 valence electrons. The fraction of sp³-hybridized carbons (Fsp3) is 0.278. The highest BCUT2D eigenvalue weighted by Gasteiger charge is 2.17. The third-order valence-electron chi connectivity index (χ3n) is 8.05. The first-order valence-electron chi connectivity index (χ1n) is 15.9. The van der Waals surface area contributed by atoms with Gasteiger partial charge in [0.1, 0.15) is 11.3 Å². The second-order valence-corrected chi connectivity index (χ2v) is 11.4. The Kier molecular flexibility index (Phi) is 10.8. The number of rotatable bonds is 13. The van der Waals surface area contributed by atoms with Crippen LogP contribution in [-0.2, 0) is 16.1 Å².